The minimum Gasteiger partial charge on any atom is -0.493 e. The average Bonchev–Trinajstić information content (AvgIpc) is 3.29. The van der Waals surface area contributed by atoms with Crippen molar-refractivity contribution < 1.29 is 13.9 Å². The molecule has 0 bridgehead atoms. The third kappa shape index (κ3) is 5.77. The first-order valence-corrected chi connectivity index (χ1v) is 9.72. The Balaban J connectivity index is 1.61. The van der Waals surface area contributed by atoms with Crippen LogP contribution in [0.4, 0.5) is 0 Å². The van der Waals surface area contributed by atoms with Gasteiger partial charge < -0.3 is 14.9 Å². The number of nitrogens with two attached hydrogens (primary N) is 1. The molecule has 3 aromatic rings. The zero-order chi connectivity index (χ0) is 19.1. The number of carbonyl (C=O) groups is 1. The van der Waals surface area contributed by atoms with Gasteiger partial charge in [-0.15, -0.1) is 10.2 Å². The van der Waals surface area contributed by atoms with E-state index in [9.17, 15) is 4.79 Å². The molecule has 0 fully saturated rings. The minimum absolute atomic E-state index is 0.223. The van der Waals surface area contributed by atoms with Crippen molar-refractivity contribution in [1.82, 2.24) is 14.8 Å². The molecule has 0 aliphatic heterocycles. The van der Waals surface area contributed by atoms with E-state index in [1.165, 1.54) is 11.8 Å². The zero-order valence-electron chi connectivity index (χ0n) is 14.5. The number of carbonyl (C=O) groups excluding carboxylic acids is 1. The van der Waals surface area contributed by atoms with Gasteiger partial charge in [-0.3, -0.25) is 9.36 Å². The quantitative estimate of drug-likeness (QED) is 0.410. The molecule has 0 atom stereocenters. The Kier molecular flexibility index (Phi) is 6.78. The lowest BCUT2D eigenvalue weighted by atomic mass is 10.3. The summed E-state index contributed by atoms with van der Waals surface area (Å²) in [5, 5.41) is 9.86. The predicted octanol–water partition coefficient (Wildman–Crippen LogP) is 3.16. The molecule has 0 spiro atoms. The Morgan fingerprint density at radius 1 is 1.26 bits per heavy atom. The molecule has 2 N–H and O–H groups in total. The maximum absolute atomic E-state index is 11.1. The van der Waals surface area contributed by atoms with Crippen molar-refractivity contribution in [2.45, 2.75) is 24.5 Å². The van der Waals surface area contributed by atoms with E-state index in [0.717, 1.165) is 16.7 Å². The zero-order valence-corrected chi connectivity index (χ0v) is 16.1. The lowest BCUT2D eigenvalue weighted by molar-refractivity contribution is -0.118. The maximum Gasteiger partial charge on any atom is 0.217 e. The summed E-state index contributed by atoms with van der Waals surface area (Å²) < 4.78 is 13.1. The number of furan rings is 1. The number of amides is 1. The molecule has 0 radical (unpaired) electrons. The van der Waals surface area contributed by atoms with Gasteiger partial charge in [-0.1, -0.05) is 23.4 Å². The summed E-state index contributed by atoms with van der Waals surface area (Å²) in [5.41, 5.74) is 5.25. The monoisotopic (exact) mass is 406 g/mol. The van der Waals surface area contributed by atoms with Crippen LogP contribution in [0.3, 0.4) is 0 Å². The van der Waals surface area contributed by atoms with Gasteiger partial charge in [-0.2, -0.15) is 0 Å². The van der Waals surface area contributed by atoms with Crippen molar-refractivity contribution in [3.63, 3.8) is 0 Å². The molecule has 0 saturated carbocycles. The Morgan fingerprint density at radius 2 is 2.07 bits per heavy atom. The molecular weight excluding hydrogens is 388 g/mol. The normalized spacial score (nSPS) is 10.9. The van der Waals surface area contributed by atoms with Crippen molar-refractivity contribution in [2.75, 3.05) is 12.4 Å². The van der Waals surface area contributed by atoms with Crippen LogP contribution in [0.5, 0.6) is 5.75 Å². The lowest BCUT2D eigenvalue weighted by Crippen LogP contribution is -2.14. The first-order valence-electron chi connectivity index (χ1n) is 8.36. The number of benzene rings is 1. The predicted molar refractivity (Wildman–Crippen MR) is 103 cm³/mol. The highest BCUT2D eigenvalue weighted by Gasteiger charge is 2.15. The van der Waals surface area contributed by atoms with E-state index < -0.39 is 0 Å². The maximum atomic E-state index is 11.1. The molecule has 7 nitrogen and oxygen atoms in total. The molecule has 0 unspecified atom stereocenters. The number of primary amides is 1. The Hall–Kier alpha value is -2.45. The fourth-order valence-corrected chi connectivity index (χ4v) is 3.29. The molecule has 2 aromatic heterocycles. The van der Waals surface area contributed by atoms with Crippen LogP contribution in [0.15, 0.2) is 52.2 Å². The largest absolute Gasteiger partial charge is 0.493 e. The highest BCUT2D eigenvalue weighted by atomic mass is 35.5. The molecule has 9 heteroatoms. The highest BCUT2D eigenvalue weighted by Crippen LogP contribution is 2.21. The second kappa shape index (κ2) is 9.48. The number of aryl methyl sites for hydroxylation is 1. The molecule has 142 valence electrons. The molecule has 0 saturated heterocycles. The van der Waals surface area contributed by atoms with Crippen LogP contribution in [0, 0.1) is 0 Å². The summed E-state index contributed by atoms with van der Waals surface area (Å²) >= 11 is 7.39. The van der Waals surface area contributed by atoms with Crippen molar-refractivity contribution in [1.29, 1.82) is 0 Å². The van der Waals surface area contributed by atoms with E-state index >= 15 is 0 Å². The van der Waals surface area contributed by atoms with E-state index in [2.05, 4.69) is 10.2 Å². The van der Waals surface area contributed by atoms with Gasteiger partial charge in [0, 0.05) is 23.6 Å². The van der Waals surface area contributed by atoms with Gasteiger partial charge in [0.05, 0.1) is 19.4 Å². The Morgan fingerprint density at radius 3 is 2.78 bits per heavy atom. The van der Waals surface area contributed by atoms with Crippen LogP contribution in [0.2, 0.25) is 5.02 Å². The average molecular weight is 407 g/mol. The molecule has 0 aliphatic carbocycles. The van der Waals surface area contributed by atoms with Gasteiger partial charge in [-0.25, -0.2) is 0 Å². The summed E-state index contributed by atoms with van der Waals surface area (Å²) in [6.07, 6.45) is 2.28. The van der Waals surface area contributed by atoms with Crippen LogP contribution in [-0.2, 0) is 17.8 Å². The number of halogens is 1. The second-order valence-electron chi connectivity index (χ2n) is 5.68. The van der Waals surface area contributed by atoms with Gasteiger partial charge in [-0.05, 0) is 36.4 Å². The van der Waals surface area contributed by atoms with Gasteiger partial charge in [0.15, 0.2) is 5.16 Å². The van der Waals surface area contributed by atoms with Gasteiger partial charge in [0.2, 0.25) is 5.91 Å². The number of ether oxygens (including phenoxy) is 1. The van der Waals surface area contributed by atoms with Gasteiger partial charge in [0.25, 0.3) is 0 Å². The van der Waals surface area contributed by atoms with Crippen LogP contribution < -0.4 is 10.5 Å². The topological polar surface area (TPSA) is 96.2 Å². The van der Waals surface area contributed by atoms with Gasteiger partial charge >= 0.3 is 0 Å². The third-order valence-corrected chi connectivity index (χ3v) is 4.86. The van der Waals surface area contributed by atoms with Crippen LogP contribution in [0.25, 0.3) is 0 Å². The summed E-state index contributed by atoms with van der Waals surface area (Å²) in [6, 6.07) is 10.9. The number of rotatable bonds is 10. The fourth-order valence-electron chi connectivity index (χ4n) is 2.39. The molecule has 0 aliphatic rings. The number of nitrogens with zero attached hydrogens (tertiary/aromatic N) is 3. The molecule has 2 heterocycles. The van der Waals surface area contributed by atoms with E-state index in [4.69, 9.17) is 26.5 Å². The fraction of sp³-hybridized carbons (Fsp3) is 0.278. The SMILES string of the molecule is NC(=O)CCc1nnc(SCCOc2ccc(Cl)cc2)n1Cc1ccco1. The van der Waals surface area contributed by atoms with E-state index in [-0.39, 0.29) is 12.3 Å². The minimum atomic E-state index is -0.367. The molecule has 1 amide bonds. The summed E-state index contributed by atoms with van der Waals surface area (Å²) in [7, 11) is 0. The summed E-state index contributed by atoms with van der Waals surface area (Å²) in [5.74, 6) is 2.57. The van der Waals surface area contributed by atoms with Gasteiger partial charge in [0.1, 0.15) is 17.3 Å². The molecule has 27 heavy (non-hydrogen) atoms. The summed E-state index contributed by atoms with van der Waals surface area (Å²) in [4.78, 5) is 11.1. The Bertz CT molecular complexity index is 865. The Labute approximate surface area is 165 Å². The van der Waals surface area contributed by atoms with Crippen molar-refractivity contribution >= 4 is 29.3 Å². The van der Waals surface area contributed by atoms with Crippen LogP contribution in [-0.4, -0.2) is 33.0 Å². The van der Waals surface area contributed by atoms with Crippen LogP contribution >= 0.6 is 23.4 Å². The molecular formula is C18H19ClN4O3S. The smallest absolute Gasteiger partial charge is 0.217 e. The van der Waals surface area contributed by atoms with Crippen molar-refractivity contribution in [3.8, 4) is 5.75 Å². The van der Waals surface area contributed by atoms with E-state index in [0.29, 0.717) is 36.2 Å². The van der Waals surface area contributed by atoms with Crippen molar-refractivity contribution in [3.05, 3.63) is 59.3 Å². The first-order chi connectivity index (χ1) is 13.1. The van der Waals surface area contributed by atoms with E-state index in [1.54, 1.807) is 18.4 Å². The standard InChI is InChI=1S/C18H19ClN4O3S/c19-13-3-5-14(6-4-13)26-10-11-27-18-22-21-17(8-7-16(20)24)23(18)12-15-2-1-9-25-15/h1-6,9H,7-8,10-12H2,(H2,20,24). The number of hydrogen-bond acceptors (Lipinski definition) is 6. The number of thioether (sulfide) groups is 1. The molecule has 3 rings (SSSR count). The lowest BCUT2D eigenvalue weighted by Gasteiger charge is -2.09. The molecule has 1 aromatic carbocycles. The summed E-state index contributed by atoms with van der Waals surface area (Å²) in [6.45, 7) is 1.00. The first kappa shape index (κ1) is 19.3. The third-order valence-electron chi connectivity index (χ3n) is 3.68. The van der Waals surface area contributed by atoms with E-state index in [1.807, 2.05) is 28.8 Å². The number of aromatic nitrogens is 3. The number of hydrogen-bond donors (Lipinski definition) is 1. The van der Waals surface area contributed by atoms with Crippen molar-refractivity contribution in [2.24, 2.45) is 5.73 Å². The van der Waals surface area contributed by atoms with Crippen LogP contribution in [0.1, 0.15) is 18.0 Å². The highest BCUT2D eigenvalue weighted by molar-refractivity contribution is 7.99. The second-order valence-corrected chi connectivity index (χ2v) is 7.18.